The van der Waals surface area contributed by atoms with Gasteiger partial charge in [-0.3, -0.25) is 4.79 Å². The molecule has 0 amide bonds. The number of aromatic nitrogens is 1. The van der Waals surface area contributed by atoms with E-state index in [9.17, 15) is 13.2 Å². The molecule has 0 atom stereocenters. The van der Waals surface area contributed by atoms with Crippen LogP contribution in [0.25, 0.3) is 11.3 Å². The average molecular weight is 420 g/mol. The Morgan fingerprint density at radius 1 is 1.11 bits per heavy atom. The van der Waals surface area contributed by atoms with E-state index in [-0.39, 0.29) is 29.6 Å². The summed E-state index contributed by atoms with van der Waals surface area (Å²) >= 11 is 5.85. The van der Waals surface area contributed by atoms with E-state index in [1.54, 1.807) is 36.4 Å². The number of nitrogens with zero attached hydrogens (tertiary/aromatic N) is 1. The van der Waals surface area contributed by atoms with Crippen molar-refractivity contribution < 1.29 is 22.4 Å². The van der Waals surface area contributed by atoms with Gasteiger partial charge < -0.3 is 9.15 Å². The van der Waals surface area contributed by atoms with Crippen LogP contribution >= 0.6 is 11.6 Å². The number of hydrogen-bond donors (Lipinski definition) is 0. The number of ether oxygens (including phenoxy) is 1. The van der Waals surface area contributed by atoms with E-state index in [0.29, 0.717) is 10.8 Å². The number of halogens is 1. The topological polar surface area (TPSA) is 86.5 Å². The number of aryl methyl sites for hydroxylation is 1. The van der Waals surface area contributed by atoms with Crippen molar-refractivity contribution in [1.82, 2.24) is 4.98 Å². The Labute approximate surface area is 168 Å². The molecule has 0 bridgehead atoms. The van der Waals surface area contributed by atoms with Gasteiger partial charge in [-0.15, -0.1) is 0 Å². The first kappa shape index (κ1) is 20.1. The Bertz CT molecular complexity index is 1060. The molecule has 0 aliphatic carbocycles. The molecule has 1 aromatic heterocycles. The summed E-state index contributed by atoms with van der Waals surface area (Å²) in [6, 6.07) is 13.5. The van der Waals surface area contributed by atoms with E-state index >= 15 is 0 Å². The van der Waals surface area contributed by atoms with Gasteiger partial charge in [-0.05, 0) is 43.3 Å². The first-order valence-electron chi connectivity index (χ1n) is 8.49. The summed E-state index contributed by atoms with van der Waals surface area (Å²) in [4.78, 5) is 16.1. The smallest absolute Gasteiger partial charge is 0.307 e. The lowest BCUT2D eigenvalue weighted by molar-refractivity contribution is -0.145. The molecule has 6 nitrogen and oxygen atoms in total. The third kappa shape index (κ3) is 5.21. The maximum Gasteiger partial charge on any atom is 0.307 e. The van der Waals surface area contributed by atoms with Gasteiger partial charge in [0.05, 0.1) is 23.3 Å². The molecule has 28 heavy (non-hydrogen) atoms. The quantitative estimate of drug-likeness (QED) is 0.533. The van der Waals surface area contributed by atoms with E-state index in [2.05, 4.69) is 4.98 Å². The highest BCUT2D eigenvalue weighted by molar-refractivity contribution is 7.91. The van der Waals surface area contributed by atoms with Crippen LogP contribution < -0.4 is 0 Å². The molecule has 1 heterocycles. The monoisotopic (exact) mass is 419 g/mol. The fourth-order valence-electron chi connectivity index (χ4n) is 2.42. The van der Waals surface area contributed by atoms with Crippen LogP contribution in [0.3, 0.4) is 0 Å². The fraction of sp³-hybridized carbons (Fsp3) is 0.200. The number of hydrogen-bond acceptors (Lipinski definition) is 6. The van der Waals surface area contributed by atoms with E-state index in [0.717, 1.165) is 11.1 Å². The van der Waals surface area contributed by atoms with Crippen molar-refractivity contribution in [2.75, 3.05) is 5.75 Å². The second-order valence-corrected chi connectivity index (χ2v) is 8.71. The molecule has 2 aromatic carbocycles. The van der Waals surface area contributed by atoms with Gasteiger partial charge in [0.15, 0.2) is 22.2 Å². The Balaban J connectivity index is 1.52. The summed E-state index contributed by atoms with van der Waals surface area (Å²) in [7, 11) is -3.54. The minimum atomic E-state index is -3.54. The molecular formula is C20H18ClNO5S. The highest BCUT2D eigenvalue weighted by Crippen LogP contribution is 2.22. The number of benzene rings is 2. The zero-order chi connectivity index (χ0) is 20.1. The summed E-state index contributed by atoms with van der Waals surface area (Å²) in [6.45, 7) is 1.70. The Morgan fingerprint density at radius 2 is 1.79 bits per heavy atom. The largest absolute Gasteiger partial charge is 0.456 e. The minimum absolute atomic E-state index is 0.170. The second kappa shape index (κ2) is 8.58. The van der Waals surface area contributed by atoms with Gasteiger partial charge in [0.25, 0.3) is 0 Å². The Hall–Kier alpha value is -2.64. The van der Waals surface area contributed by atoms with Gasteiger partial charge in [-0.25, -0.2) is 13.4 Å². The minimum Gasteiger partial charge on any atom is -0.456 e. The van der Waals surface area contributed by atoms with Gasteiger partial charge in [-0.2, -0.15) is 0 Å². The van der Waals surface area contributed by atoms with E-state index in [1.165, 1.54) is 18.3 Å². The summed E-state index contributed by atoms with van der Waals surface area (Å²) in [6.07, 6.45) is 1.27. The lowest BCUT2D eigenvalue weighted by Gasteiger charge is -2.05. The van der Waals surface area contributed by atoms with Crippen molar-refractivity contribution in [1.29, 1.82) is 0 Å². The Morgan fingerprint density at radius 3 is 2.46 bits per heavy atom. The molecule has 3 rings (SSSR count). The number of oxazole rings is 1. The summed E-state index contributed by atoms with van der Waals surface area (Å²) in [5.41, 5.74) is 1.75. The van der Waals surface area contributed by atoms with Crippen LogP contribution in [0.2, 0.25) is 5.02 Å². The molecule has 3 aromatic rings. The van der Waals surface area contributed by atoms with Crippen molar-refractivity contribution in [2.24, 2.45) is 0 Å². The summed E-state index contributed by atoms with van der Waals surface area (Å²) in [5.74, 6) is -0.220. The SMILES string of the molecule is Cc1ccc(S(=O)(=O)CCC(=O)OCc2ncc(-c3ccc(Cl)cc3)o2)cc1. The van der Waals surface area contributed by atoms with Crippen LogP contribution in [-0.4, -0.2) is 25.1 Å². The molecule has 0 unspecified atom stereocenters. The van der Waals surface area contributed by atoms with Crippen LogP contribution in [0, 0.1) is 6.92 Å². The standard InChI is InChI=1S/C20H18ClNO5S/c1-14-2-8-17(9-3-14)28(24,25)11-10-20(23)26-13-19-22-12-18(27-19)15-4-6-16(21)7-5-15/h2-9,12H,10-11,13H2,1H3. The highest BCUT2D eigenvalue weighted by Gasteiger charge is 2.17. The molecule has 0 saturated carbocycles. The number of carbonyl (C=O) groups excluding carboxylic acids is 1. The fourth-order valence-corrected chi connectivity index (χ4v) is 3.77. The van der Waals surface area contributed by atoms with Crippen molar-refractivity contribution in [3.05, 3.63) is 71.2 Å². The van der Waals surface area contributed by atoms with Gasteiger partial charge in [0.2, 0.25) is 5.89 Å². The first-order chi connectivity index (χ1) is 13.3. The predicted octanol–water partition coefficient (Wildman–Crippen LogP) is 4.21. The van der Waals surface area contributed by atoms with Crippen molar-refractivity contribution in [3.63, 3.8) is 0 Å². The molecule has 0 saturated heterocycles. The summed E-state index contributed by atoms with van der Waals surface area (Å²) < 4.78 is 35.1. The molecule has 0 aliphatic rings. The van der Waals surface area contributed by atoms with Gasteiger partial charge in [-0.1, -0.05) is 29.3 Å². The van der Waals surface area contributed by atoms with Crippen LogP contribution in [-0.2, 0) is 26.0 Å². The average Bonchev–Trinajstić information content (AvgIpc) is 3.15. The molecule has 0 spiro atoms. The first-order valence-corrected chi connectivity index (χ1v) is 10.5. The maximum atomic E-state index is 12.3. The van der Waals surface area contributed by atoms with E-state index in [4.69, 9.17) is 20.8 Å². The van der Waals surface area contributed by atoms with Crippen molar-refractivity contribution >= 4 is 27.4 Å². The van der Waals surface area contributed by atoms with E-state index in [1.807, 2.05) is 6.92 Å². The molecule has 0 fully saturated rings. The molecule has 0 N–H and O–H groups in total. The predicted molar refractivity (Wildman–Crippen MR) is 105 cm³/mol. The van der Waals surface area contributed by atoms with Crippen LogP contribution in [0.1, 0.15) is 17.9 Å². The summed E-state index contributed by atoms with van der Waals surface area (Å²) in [5, 5.41) is 0.609. The number of esters is 1. The van der Waals surface area contributed by atoms with Crippen molar-refractivity contribution in [2.45, 2.75) is 24.8 Å². The van der Waals surface area contributed by atoms with Crippen molar-refractivity contribution in [3.8, 4) is 11.3 Å². The zero-order valence-corrected chi connectivity index (χ0v) is 16.7. The highest BCUT2D eigenvalue weighted by atomic mass is 35.5. The lowest BCUT2D eigenvalue weighted by Crippen LogP contribution is -2.13. The van der Waals surface area contributed by atoms with E-state index < -0.39 is 15.8 Å². The number of sulfone groups is 1. The number of carbonyl (C=O) groups is 1. The lowest BCUT2D eigenvalue weighted by atomic mass is 10.2. The zero-order valence-electron chi connectivity index (χ0n) is 15.1. The molecule has 0 aliphatic heterocycles. The number of rotatable bonds is 7. The van der Waals surface area contributed by atoms with Gasteiger partial charge in [0, 0.05) is 10.6 Å². The normalized spacial score (nSPS) is 11.4. The van der Waals surface area contributed by atoms with Gasteiger partial charge >= 0.3 is 5.97 Å². The molecule has 0 radical (unpaired) electrons. The maximum absolute atomic E-state index is 12.3. The van der Waals surface area contributed by atoms with Crippen LogP contribution in [0.4, 0.5) is 0 Å². The molecule has 8 heteroatoms. The van der Waals surface area contributed by atoms with Crippen LogP contribution in [0.15, 0.2) is 64.0 Å². The third-order valence-corrected chi connectivity index (χ3v) is 5.98. The second-order valence-electron chi connectivity index (χ2n) is 6.17. The molecular weight excluding hydrogens is 402 g/mol. The van der Waals surface area contributed by atoms with Gasteiger partial charge in [0.1, 0.15) is 0 Å². The van der Waals surface area contributed by atoms with Crippen LogP contribution in [0.5, 0.6) is 0 Å². The Kier molecular flexibility index (Phi) is 6.16. The molecule has 146 valence electrons. The third-order valence-electron chi connectivity index (χ3n) is 3.99.